The predicted octanol–water partition coefficient (Wildman–Crippen LogP) is 2.93. The maximum atomic E-state index is 11.6. The lowest BCUT2D eigenvalue weighted by atomic mass is 10.1. The van der Waals surface area contributed by atoms with Gasteiger partial charge in [-0.3, -0.25) is 0 Å². The number of carbonyl (C=O) groups excluding carboxylic acids is 1. The maximum Gasteiger partial charge on any atom is 0.340 e. The normalized spacial score (nSPS) is 11.2. The molecule has 1 rings (SSSR count). The monoisotopic (exact) mass is 284 g/mol. The average molecular weight is 285 g/mol. The molecule has 0 aliphatic carbocycles. The third-order valence-electron chi connectivity index (χ3n) is 2.48. The zero-order valence-corrected chi connectivity index (χ0v) is 12.6. The molecule has 19 heavy (non-hydrogen) atoms. The topological polar surface area (TPSA) is 50.4 Å². The van der Waals surface area contributed by atoms with Crippen LogP contribution >= 0.6 is 11.6 Å². The summed E-state index contributed by atoms with van der Waals surface area (Å²) in [5, 5.41) is 7.08. The summed E-state index contributed by atoms with van der Waals surface area (Å²) in [4.78, 5) is 11.6. The average Bonchev–Trinajstić information content (AvgIpc) is 2.33. The molecular formula is C14H21ClN2O2. The summed E-state index contributed by atoms with van der Waals surface area (Å²) >= 11 is 5.89. The van der Waals surface area contributed by atoms with Crippen LogP contribution in [-0.4, -0.2) is 31.7 Å². The lowest BCUT2D eigenvalue weighted by Crippen LogP contribution is -2.38. The lowest BCUT2D eigenvalue weighted by Gasteiger charge is -2.21. The molecule has 0 amide bonds. The zero-order valence-electron chi connectivity index (χ0n) is 11.8. The van der Waals surface area contributed by atoms with Crippen molar-refractivity contribution in [2.75, 3.05) is 25.5 Å². The molecule has 0 heterocycles. The minimum Gasteiger partial charge on any atom is -0.465 e. The number of esters is 1. The number of methoxy groups -OCH3 is 1. The molecule has 0 aliphatic rings. The summed E-state index contributed by atoms with van der Waals surface area (Å²) in [6, 6.07) is 5.13. The van der Waals surface area contributed by atoms with Crippen molar-refractivity contribution in [3.8, 4) is 0 Å². The lowest BCUT2D eigenvalue weighted by molar-refractivity contribution is 0.0602. The molecule has 0 radical (unpaired) electrons. The Hall–Kier alpha value is -1.26. The number of halogens is 1. The van der Waals surface area contributed by atoms with Crippen molar-refractivity contribution in [3.05, 3.63) is 28.8 Å². The Morgan fingerprint density at radius 2 is 2.00 bits per heavy atom. The van der Waals surface area contributed by atoms with E-state index in [1.165, 1.54) is 7.11 Å². The minimum absolute atomic E-state index is 0.0762. The van der Waals surface area contributed by atoms with Crippen molar-refractivity contribution in [3.63, 3.8) is 0 Å². The summed E-state index contributed by atoms with van der Waals surface area (Å²) in [5.74, 6) is -0.395. The first-order valence-electron chi connectivity index (χ1n) is 6.20. The van der Waals surface area contributed by atoms with Gasteiger partial charge < -0.3 is 15.4 Å². The largest absolute Gasteiger partial charge is 0.465 e. The van der Waals surface area contributed by atoms with E-state index in [2.05, 4.69) is 31.4 Å². The molecule has 0 unspecified atom stereocenters. The van der Waals surface area contributed by atoms with Crippen molar-refractivity contribution >= 4 is 23.3 Å². The van der Waals surface area contributed by atoms with Crippen molar-refractivity contribution in [2.45, 2.75) is 26.3 Å². The van der Waals surface area contributed by atoms with Crippen LogP contribution in [-0.2, 0) is 4.74 Å². The molecule has 0 bridgehead atoms. The number of nitrogens with one attached hydrogen (secondary N) is 2. The first kappa shape index (κ1) is 15.8. The Morgan fingerprint density at radius 3 is 2.58 bits per heavy atom. The van der Waals surface area contributed by atoms with Gasteiger partial charge in [0, 0.05) is 29.3 Å². The quantitative estimate of drug-likeness (QED) is 0.645. The summed E-state index contributed by atoms with van der Waals surface area (Å²) in [5.41, 5.74) is 1.25. The van der Waals surface area contributed by atoms with Crippen LogP contribution in [0.2, 0.25) is 5.02 Å². The van der Waals surface area contributed by atoms with E-state index in [4.69, 9.17) is 16.3 Å². The van der Waals surface area contributed by atoms with Crippen molar-refractivity contribution in [1.29, 1.82) is 0 Å². The van der Waals surface area contributed by atoms with Crippen LogP contribution in [0.5, 0.6) is 0 Å². The van der Waals surface area contributed by atoms with Crippen molar-refractivity contribution in [2.24, 2.45) is 0 Å². The number of hydrogen-bond acceptors (Lipinski definition) is 4. The molecule has 2 N–H and O–H groups in total. The SMILES string of the molecule is COC(=O)c1cc(Cl)ccc1NCCNC(C)(C)C. The van der Waals surface area contributed by atoms with Gasteiger partial charge >= 0.3 is 5.97 Å². The molecule has 1 aromatic rings. The van der Waals surface area contributed by atoms with Crippen LogP contribution in [0, 0.1) is 0 Å². The maximum absolute atomic E-state index is 11.6. The zero-order chi connectivity index (χ0) is 14.5. The van der Waals surface area contributed by atoms with Crippen LogP contribution in [0.15, 0.2) is 18.2 Å². The highest BCUT2D eigenvalue weighted by Gasteiger charge is 2.12. The Labute approximate surface area is 119 Å². The Bertz CT molecular complexity index is 442. The van der Waals surface area contributed by atoms with Crippen LogP contribution in [0.3, 0.4) is 0 Å². The van der Waals surface area contributed by atoms with Crippen LogP contribution < -0.4 is 10.6 Å². The number of carbonyl (C=O) groups is 1. The standard InChI is InChI=1S/C14H21ClN2O2/c1-14(2,3)17-8-7-16-12-6-5-10(15)9-11(12)13(18)19-4/h5-6,9,16-17H,7-8H2,1-4H3. The minimum atomic E-state index is -0.395. The fourth-order valence-corrected chi connectivity index (χ4v) is 1.76. The smallest absolute Gasteiger partial charge is 0.340 e. The van der Waals surface area contributed by atoms with E-state index >= 15 is 0 Å². The van der Waals surface area contributed by atoms with Crippen LogP contribution in [0.1, 0.15) is 31.1 Å². The first-order chi connectivity index (χ1) is 8.83. The fourth-order valence-electron chi connectivity index (χ4n) is 1.58. The van der Waals surface area contributed by atoms with Gasteiger partial charge in [0.15, 0.2) is 0 Å². The fraction of sp³-hybridized carbons (Fsp3) is 0.500. The van der Waals surface area contributed by atoms with E-state index in [0.717, 1.165) is 12.2 Å². The second-order valence-electron chi connectivity index (χ2n) is 5.29. The highest BCUT2D eigenvalue weighted by Crippen LogP contribution is 2.21. The molecule has 0 spiro atoms. The van der Waals surface area contributed by atoms with E-state index < -0.39 is 5.97 Å². The Balaban J connectivity index is 2.65. The van der Waals surface area contributed by atoms with Gasteiger partial charge in [-0.15, -0.1) is 0 Å². The number of anilines is 1. The van der Waals surface area contributed by atoms with E-state index in [9.17, 15) is 4.79 Å². The molecule has 0 fully saturated rings. The predicted molar refractivity (Wildman–Crippen MR) is 79.0 cm³/mol. The first-order valence-corrected chi connectivity index (χ1v) is 6.58. The summed E-state index contributed by atoms with van der Waals surface area (Å²) < 4.78 is 4.74. The van der Waals surface area contributed by atoms with Crippen LogP contribution in [0.25, 0.3) is 0 Å². The Kier molecular flexibility index (Phi) is 5.63. The second kappa shape index (κ2) is 6.78. The van der Waals surface area contributed by atoms with E-state index in [1.54, 1.807) is 18.2 Å². The summed E-state index contributed by atoms with van der Waals surface area (Å²) in [6.45, 7) is 7.83. The van der Waals surface area contributed by atoms with Crippen molar-refractivity contribution < 1.29 is 9.53 Å². The number of benzene rings is 1. The summed E-state index contributed by atoms with van der Waals surface area (Å²) in [6.07, 6.45) is 0. The molecule has 0 saturated carbocycles. The molecule has 5 heteroatoms. The number of rotatable bonds is 5. The highest BCUT2D eigenvalue weighted by molar-refractivity contribution is 6.31. The third-order valence-corrected chi connectivity index (χ3v) is 2.72. The van der Waals surface area contributed by atoms with Gasteiger partial charge in [0.25, 0.3) is 0 Å². The van der Waals surface area contributed by atoms with Gasteiger partial charge in [0.2, 0.25) is 0 Å². The molecule has 0 saturated heterocycles. The third kappa shape index (κ3) is 5.49. The van der Waals surface area contributed by atoms with Gasteiger partial charge in [-0.1, -0.05) is 11.6 Å². The molecule has 0 aromatic heterocycles. The Morgan fingerprint density at radius 1 is 1.32 bits per heavy atom. The molecule has 4 nitrogen and oxygen atoms in total. The molecular weight excluding hydrogens is 264 g/mol. The summed E-state index contributed by atoms with van der Waals surface area (Å²) in [7, 11) is 1.36. The molecule has 1 aromatic carbocycles. The van der Waals surface area contributed by atoms with Gasteiger partial charge in [0.05, 0.1) is 12.7 Å². The number of ether oxygens (including phenoxy) is 1. The van der Waals surface area contributed by atoms with E-state index in [-0.39, 0.29) is 5.54 Å². The van der Waals surface area contributed by atoms with Gasteiger partial charge in [-0.25, -0.2) is 4.79 Å². The number of hydrogen-bond donors (Lipinski definition) is 2. The van der Waals surface area contributed by atoms with Gasteiger partial charge in [-0.05, 0) is 39.0 Å². The van der Waals surface area contributed by atoms with Crippen LogP contribution in [0.4, 0.5) is 5.69 Å². The highest BCUT2D eigenvalue weighted by atomic mass is 35.5. The molecule has 0 aliphatic heterocycles. The molecule has 0 atom stereocenters. The second-order valence-corrected chi connectivity index (χ2v) is 5.72. The van der Waals surface area contributed by atoms with Gasteiger partial charge in [-0.2, -0.15) is 0 Å². The van der Waals surface area contributed by atoms with Gasteiger partial charge in [0.1, 0.15) is 0 Å². The van der Waals surface area contributed by atoms with E-state index in [0.29, 0.717) is 17.1 Å². The molecule has 106 valence electrons. The van der Waals surface area contributed by atoms with Crippen molar-refractivity contribution in [1.82, 2.24) is 5.32 Å². The van der Waals surface area contributed by atoms with E-state index in [1.807, 2.05) is 0 Å².